The van der Waals surface area contributed by atoms with Crippen LogP contribution in [0.25, 0.3) is 0 Å². The van der Waals surface area contributed by atoms with Crippen LogP contribution in [0.3, 0.4) is 0 Å². The molecule has 0 aromatic carbocycles. The molecule has 19 heteroatoms. The molecule has 19 nitrogen and oxygen atoms in total. The number of hydrogen-bond acceptors (Lipinski definition) is 18. The fraction of sp³-hybridized carbons (Fsp3) is 0.800. The summed E-state index contributed by atoms with van der Waals surface area (Å²) < 4.78 is 34.4. The normalized spacial score (nSPS) is 26.4. The quantitative estimate of drug-likeness (QED) is 0.0199. The fourth-order valence-electron chi connectivity index (χ4n) is 13.5. The Morgan fingerprint density at radius 3 is 1.08 bits per heavy atom. The summed E-state index contributed by atoms with van der Waals surface area (Å²) in [5.41, 5.74) is 0. The van der Waals surface area contributed by atoms with Crippen molar-refractivity contribution in [2.45, 2.75) is 407 Å². The van der Waals surface area contributed by atoms with Crippen LogP contribution in [0.1, 0.15) is 303 Å². The van der Waals surface area contributed by atoms with E-state index < -0.39 is 124 Å². The van der Waals surface area contributed by atoms with E-state index in [4.69, 9.17) is 28.4 Å². The third-order valence-electron chi connectivity index (χ3n) is 20.1. The van der Waals surface area contributed by atoms with E-state index in [1.807, 2.05) is 6.08 Å². The molecule has 17 unspecified atom stereocenters. The van der Waals surface area contributed by atoms with Gasteiger partial charge in [-0.05, 0) is 83.5 Å². The highest BCUT2D eigenvalue weighted by Crippen LogP contribution is 2.33. The topological polar surface area (TPSA) is 307 Å². The summed E-state index contributed by atoms with van der Waals surface area (Å²) >= 11 is 0. The van der Waals surface area contributed by atoms with Crippen LogP contribution in [-0.2, 0) is 33.2 Å². The first-order valence-electron chi connectivity index (χ1n) is 41.5. The second-order valence-electron chi connectivity index (χ2n) is 29.2. The maximum absolute atomic E-state index is 13.5. The van der Waals surface area contributed by atoms with Crippen LogP contribution >= 0.6 is 0 Å². The summed E-state index contributed by atoms with van der Waals surface area (Å²) in [5.74, 6) is -0.284. The average Bonchev–Trinajstić information content (AvgIpc) is 0.783. The van der Waals surface area contributed by atoms with Gasteiger partial charge in [0.1, 0.15) is 73.2 Å². The third-order valence-corrected chi connectivity index (χ3v) is 20.1. The Morgan fingerprint density at radius 2 is 0.673 bits per heavy atom. The van der Waals surface area contributed by atoms with Gasteiger partial charge in [0, 0.05) is 6.42 Å². The van der Waals surface area contributed by atoms with Gasteiger partial charge in [0.15, 0.2) is 18.9 Å². The summed E-state index contributed by atoms with van der Waals surface area (Å²) in [6, 6.07) is -0.995. The molecule has 3 heterocycles. The molecule has 3 saturated heterocycles. The number of carbonyl (C=O) groups is 1. The lowest BCUT2D eigenvalue weighted by atomic mass is 9.96. The molecule has 0 aromatic rings. The average molecular weight is 1470 g/mol. The van der Waals surface area contributed by atoms with Crippen molar-refractivity contribution < 1.29 is 89.4 Å². The molecule has 0 bridgehead atoms. The van der Waals surface area contributed by atoms with Crippen LogP contribution in [0, 0.1) is 0 Å². The van der Waals surface area contributed by atoms with E-state index in [0.29, 0.717) is 12.8 Å². The monoisotopic (exact) mass is 1470 g/mol. The van der Waals surface area contributed by atoms with Gasteiger partial charge in [-0.15, -0.1) is 0 Å². The number of amides is 1. The lowest BCUT2D eigenvalue weighted by Gasteiger charge is -2.48. The minimum Gasteiger partial charge on any atom is -0.394 e. The van der Waals surface area contributed by atoms with Gasteiger partial charge in [-0.25, -0.2) is 0 Å². The Hall–Kier alpha value is -3.29. The molecule has 0 aromatic heterocycles. The molecular formula is C85H149NO18. The van der Waals surface area contributed by atoms with Crippen molar-refractivity contribution in [1.82, 2.24) is 5.32 Å². The summed E-state index contributed by atoms with van der Waals surface area (Å²) in [6.07, 6.45) is 61.1. The van der Waals surface area contributed by atoms with Crippen LogP contribution in [0.4, 0.5) is 0 Å². The van der Waals surface area contributed by atoms with Crippen molar-refractivity contribution in [2.24, 2.45) is 0 Å². The molecule has 0 saturated carbocycles. The van der Waals surface area contributed by atoms with Gasteiger partial charge < -0.3 is 89.9 Å². The summed E-state index contributed by atoms with van der Waals surface area (Å²) in [6.45, 7) is 1.63. The lowest BCUT2D eigenvalue weighted by Crippen LogP contribution is -2.66. The fourth-order valence-corrected chi connectivity index (χ4v) is 13.5. The number of aliphatic hydroxyl groups is 11. The Labute approximate surface area is 628 Å². The molecule has 0 aliphatic carbocycles. The zero-order chi connectivity index (χ0) is 75.3. The van der Waals surface area contributed by atoms with Gasteiger partial charge in [-0.1, -0.05) is 310 Å². The van der Waals surface area contributed by atoms with E-state index >= 15 is 0 Å². The number of aliphatic hydroxyl groups excluding tert-OH is 11. The minimum absolute atomic E-state index is 0.233. The van der Waals surface area contributed by atoms with Crippen LogP contribution in [0.5, 0.6) is 0 Å². The Bertz CT molecular complexity index is 2260. The van der Waals surface area contributed by atoms with E-state index in [1.54, 1.807) is 6.08 Å². The highest BCUT2D eigenvalue weighted by molar-refractivity contribution is 5.76. The SMILES string of the molecule is CC/C=C\C/C=C\C/C=C\C/C=C\C/C=C\C/C=C\CCCCCCCCCCCCCCCCCCCCC(=O)NC(COC1OC(CO)C(OC2OC(CO)C(OC3OC(CO)C(O)C(O)C3O)C(O)C2O)C(O)C1O)C(O)/C=C/CC/C=C/CCCCCCCCCCCCCCCCCC. The van der Waals surface area contributed by atoms with Crippen LogP contribution in [0.15, 0.2) is 97.2 Å². The maximum atomic E-state index is 13.5. The van der Waals surface area contributed by atoms with Gasteiger partial charge >= 0.3 is 0 Å². The van der Waals surface area contributed by atoms with Crippen molar-refractivity contribution in [3.05, 3.63) is 97.2 Å². The van der Waals surface area contributed by atoms with Crippen molar-refractivity contribution in [2.75, 3.05) is 26.4 Å². The van der Waals surface area contributed by atoms with Crippen LogP contribution in [-0.4, -0.2) is 193 Å². The summed E-state index contributed by atoms with van der Waals surface area (Å²) in [5, 5.41) is 121. The van der Waals surface area contributed by atoms with E-state index in [-0.39, 0.29) is 18.9 Å². The lowest BCUT2D eigenvalue weighted by molar-refractivity contribution is -0.379. The molecule has 3 aliphatic heterocycles. The number of unbranched alkanes of at least 4 members (excludes halogenated alkanes) is 35. The molecule has 12 N–H and O–H groups in total. The van der Waals surface area contributed by atoms with Gasteiger partial charge in [-0.2, -0.15) is 0 Å². The van der Waals surface area contributed by atoms with Crippen LogP contribution in [0.2, 0.25) is 0 Å². The standard InChI is InChI=1S/C85H149NO18/c1-3-5-7-9-11-13-15-17-19-21-23-25-27-28-29-30-31-32-33-34-35-36-37-38-39-40-41-43-45-47-49-51-53-55-57-59-61-63-73(91)86-68(69(90)62-60-58-56-54-52-50-48-46-44-42-26-24-22-20-18-16-14-12-10-8-6-4-2)67-99-83-79(97)76(94)81(71(65-88)101-83)104-85-80(98)77(95)82(72(66-89)102-85)103-84-78(96)75(93)74(92)70(64-87)100-84/h5,7,11,13,17,19,23,25,28-29,31-32,52,54,60,62,68-72,74-85,87-90,92-98H,3-4,6,8-10,12,14-16,18,20-22,24,26-27,30,33-51,53,55-59,61,63-67H2,1-2H3,(H,86,91)/b7-5-,13-11-,19-17-,25-23-,29-28-,32-31-,54-52+,62-60+. The largest absolute Gasteiger partial charge is 0.394 e. The van der Waals surface area contributed by atoms with Gasteiger partial charge in [0.05, 0.1) is 38.6 Å². The smallest absolute Gasteiger partial charge is 0.220 e. The molecule has 1 amide bonds. The third kappa shape index (κ3) is 43.8. The molecule has 3 fully saturated rings. The molecule has 3 aliphatic rings. The van der Waals surface area contributed by atoms with Gasteiger partial charge in [0.25, 0.3) is 0 Å². The molecule has 3 rings (SSSR count). The minimum atomic E-state index is -1.98. The molecule has 0 radical (unpaired) electrons. The first-order valence-corrected chi connectivity index (χ1v) is 41.5. The predicted molar refractivity (Wildman–Crippen MR) is 415 cm³/mol. The maximum Gasteiger partial charge on any atom is 0.220 e. The number of allylic oxidation sites excluding steroid dienone is 15. The van der Waals surface area contributed by atoms with E-state index in [0.717, 1.165) is 77.0 Å². The van der Waals surface area contributed by atoms with Crippen molar-refractivity contribution in [3.8, 4) is 0 Å². The Balaban J connectivity index is 1.34. The Kier molecular flexibility index (Phi) is 58.9. The zero-order valence-electron chi connectivity index (χ0n) is 64.5. The highest BCUT2D eigenvalue weighted by Gasteiger charge is 2.54. The second-order valence-corrected chi connectivity index (χ2v) is 29.2. The van der Waals surface area contributed by atoms with Gasteiger partial charge in [-0.3, -0.25) is 4.79 Å². The Morgan fingerprint density at radius 1 is 0.356 bits per heavy atom. The molecule has 104 heavy (non-hydrogen) atoms. The number of hydrogen-bond donors (Lipinski definition) is 12. The first kappa shape index (κ1) is 94.9. The zero-order valence-corrected chi connectivity index (χ0v) is 64.5. The number of ether oxygens (including phenoxy) is 6. The van der Waals surface area contributed by atoms with Crippen molar-refractivity contribution in [1.29, 1.82) is 0 Å². The second kappa shape index (κ2) is 64.5. The predicted octanol–water partition coefficient (Wildman–Crippen LogP) is 14.3. The highest BCUT2D eigenvalue weighted by atomic mass is 16.8. The number of carbonyl (C=O) groups excluding carboxylic acids is 1. The van der Waals surface area contributed by atoms with Crippen LogP contribution < -0.4 is 5.32 Å². The molecular weight excluding hydrogens is 1320 g/mol. The van der Waals surface area contributed by atoms with E-state index in [9.17, 15) is 61.0 Å². The van der Waals surface area contributed by atoms with E-state index in [2.05, 4.69) is 104 Å². The summed E-state index contributed by atoms with van der Waals surface area (Å²) in [7, 11) is 0. The van der Waals surface area contributed by atoms with E-state index in [1.165, 1.54) is 193 Å². The van der Waals surface area contributed by atoms with Crippen molar-refractivity contribution in [3.63, 3.8) is 0 Å². The first-order chi connectivity index (χ1) is 50.8. The number of nitrogens with one attached hydrogen (secondary N) is 1. The molecule has 17 atom stereocenters. The molecule has 602 valence electrons. The number of rotatable bonds is 65. The van der Waals surface area contributed by atoms with Crippen molar-refractivity contribution >= 4 is 5.91 Å². The van der Waals surface area contributed by atoms with Gasteiger partial charge in [0.2, 0.25) is 5.91 Å². The summed E-state index contributed by atoms with van der Waals surface area (Å²) in [4.78, 5) is 13.5. The molecule has 0 spiro atoms.